The third kappa shape index (κ3) is 10.8. The monoisotopic (exact) mass is 974 g/mol. The molecule has 4 aromatic heterocycles. The van der Waals surface area contributed by atoms with E-state index in [-0.39, 0.29) is 109 Å². The number of hydrogen-bond donors (Lipinski definition) is 4. The van der Waals surface area contributed by atoms with E-state index in [1.54, 1.807) is 63.7 Å². The normalized spacial score (nSPS) is 13.7. The van der Waals surface area contributed by atoms with Crippen LogP contribution in [-0.2, 0) is 40.6 Å². The van der Waals surface area contributed by atoms with Gasteiger partial charge in [0.1, 0.15) is 33.9 Å². The predicted octanol–water partition coefficient (Wildman–Crippen LogP) is 3.81. The zero-order valence-electron chi connectivity index (χ0n) is 40.8. The van der Waals surface area contributed by atoms with Crippen LogP contribution >= 0.6 is 0 Å². The van der Waals surface area contributed by atoms with Crippen LogP contribution in [0.5, 0.6) is 11.5 Å². The average Bonchev–Trinajstić information content (AvgIpc) is 4.16. The van der Waals surface area contributed by atoms with Crippen molar-refractivity contribution in [1.82, 2.24) is 48.5 Å². The molecule has 7 rings (SSSR count). The van der Waals surface area contributed by atoms with E-state index in [4.69, 9.17) is 25.9 Å². The standard InChI is InChI=1S/C48H58N14O9/c1-8-29-26-39(64)58(46(29)69)18-14-38(63)57(6)15-13-19-71-37-25-31(43(50)66)23-33-41(37)60(48(52-33)54-45(68)35-21-28(5)56-62(35)10-3)17-12-11-16-59-40-32(22-30(42(49)65)24-36(40)70-7)51-47(59)53-44(67)34-20-27(4)55-61(34)9-2/h11-12,20-25,29H,8-10,13-19,26H2,1-7H3,(H2,49,65)(H2,50,66)(H,51,53,67)(H,52,54,68)/b12-11+. The fourth-order valence-electron chi connectivity index (χ4n) is 8.50. The number of rotatable bonds is 22. The number of imide groups is 1. The van der Waals surface area contributed by atoms with Gasteiger partial charge in [-0.3, -0.25) is 58.5 Å². The van der Waals surface area contributed by atoms with Gasteiger partial charge in [0.25, 0.3) is 11.8 Å². The number of carbonyl (C=O) groups is 7. The Balaban J connectivity index is 1.19. The zero-order valence-corrected chi connectivity index (χ0v) is 40.8. The maximum absolute atomic E-state index is 13.9. The van der Waals surface area contributed by atoms with Crippen LogP contribution in [0, 0.1) is 19.8 Å². The van der Waals surface area contributed by atoms with E-state index in [2.05, 4.69) is 25.8 Å². The number of nitrogens with zero attached hydrogens (tertiary/aromatic N) is 10. The number of nitrogens with two attached hydrogens (primary N) is 2. The number of anilines is 2. The summed E-state index contributed by atoms with van der Waals surface area (Å²) in [5.41, 5.74) is 15.1. The van der Waals surface area contributed by atoms with Gasteiger partial charge in [0.15, 0.2) is 0 Å². The maximum Gasteiger partial charge on any atom is 0.276 e. The molecule has 1 fully saturated rings. The van der Waals surface area contributed by atoms with Gasteiger partial charge in [-0.15, -0.1) is 0 Å². The summed E-state index contributed by atoms with van der Waals surface area (Å²) < 4.78 is 18.6. The SMILES string of the molecule is CCC1CC(=O)N(CCC(=O)N(C)CCCOc2cc(C(N)=O)cc3nc(NC(=O)c4cc(C)nn4CC)n(C/C=C/Cn4c(NC(=O)c5cc(C)nn5CC)nc5cc(C(N)=O)cc(OC)c54)c23)C1=O. The van der Waals surface area contributed by atoms with Gasteiger partial charge in [0, 0.05) is 76.2 Å². The first kappa shape index (κ1) is 50.5. The number of methoxy groups -OCH3 is 1. The van der Waals surface area contributed by atoms with E-state index >= 15 is 0 Å². The van der Waals surface area contributed by atoms with Gasteiger partial charge in [0.2, 0.25) is 41.4 Å². The quantitative estimate of drug-likeness (QED) is 0.0428. The lowest BCUT2D eigenvalue weighted by Gasteiger charge is -2.20. The molecule has 0 saturated carbocycles. The minimum absolute atomic E-state index is 0.0119. The summed E-state index contributed by atoms with van der Waals surface area (Å²) in [7, 11) is 3.06. The number of hydrogen-bond acceptors (Lipinski definition) is 13. The number of amides is 7. The van der Waals surface area contributed by atoms with Crippen LogP contribution in [0.4, 0.5) is 11.9 Å². The molecule has 2 aromatic carbocycles. The summed E-state index contributed by atoms with van der Waals surface area (Å²) in [6.07, 6.45) is 4.64. The van der Waals surface area contributed by atoms with Crippen LogP contribution in [0.25, 0.3) is 22.1 Å². The topological polar surface area (TPSA) is 292 Å². The molecular formula is C48H58N14O9. The largest absolute Gasteiger partial charge is 0.494 e. The highest BCUT2D eigenvalue weighted by Crippen LogP contribution is 2.33. The molecule has 1 saturated heterocycles. The molecule has 23 nitrogen and oxygen atoms in total. The Hall–Kier alpha value is -8.37. The van der Waals surface area contributed by atoms with E-state index in [0.717, 1.165) is 4.90 Å². The van der Waals surface area contributed by atoms with E-state index < -0.39 is 23.6 Å². The summed E-state index contributed by atoms with van der Waals surface area (Å²) in [5, 5.41) is 14.6. The highest BCUT2D eigenvalue weighted by Gasteiger charge is 2.37. The molecule has 7 amide bonds. The number of fused-ring (bicyclic) bond motifs is 2. The first-order valence-corrected chi connectivity index (χ1v) is 23.3. The molecule has 374 valence electrons. The molecule has 6 aromatic rings. The molecule has 6 N–H and O–H groups in total. The Morgan fingerprint density at radius 1 is 0.775 bits per heavy atom. The number of aryl methyl sites for hydroxylation is 4. The molecule has 1 atom stereocenters. The number of aromatic nitrogens is 8. The lowest BCUT2D eigenvalue weighted by atomic mass is 10.1. The third-order valence-corrected chi connectivity index (χ3v) is 12.2. The Morgan fingerprint density at radius 2 is 1.28 bits per heavy atom. The molecule has 5 heterocycles. The number of carbonyl (C=O) groups excluding carboxylic acids is 7. The molecule has 0 spiro atoms. The van der Waals surface area contributed by atoms with E-state index in [1.165, 1.54) is 36.3 Å². The number of imidazole rings is 2. The first-order chi connectivity index (χ1) is 34.0. The van der Waals surface area contributed by atoms with Crippen molar-refractivity contribution in [2.24, 2.45) is 17.4 Å². The summed E-state index contributed by atoms with van der Waals surface area (Å²) >= 11 is 0. The molecule has 0 bridgehead atoms. The van der Waals surface area contributed by atoms with Crippen LogP contribution in [-0.4, -0.2) is 124 Å². The number of benzene rings is 2. The highest BCUT2D eigenvalue weighted by molar-refractivity contribution is 6.06. The van der Waals surface area contributed by atoms with E-state index in [9.17, 15) is 33.6 Å². The molecule has 1 aliphatic heterocycles. The number of primary amides is 2. The highest BCUT2D eigenvalue weighted by atomic mass is 16.5. The fourth-order valence-corrected chi connectivity index (χ4v) is 8.50. The number of likely N-dealkylation sites (tertiary alicyclic amines) is 1. The molecule has 1 aliphatic rings. The van der Waals surface area contributed by atoms with Crippen molar-refractivity contribution < 1.29 is 43.0 Å². The van der Waals surface area contributed by atoms with Crippen molar-refractivity contribution in [2.75, 3.05) is 44.5 Å². The fraction of sp³-hybridized carbons (Fsp3) is 0.396. The number of ether oxygens (including phenoxy) is 2. The lowest BCUT2D eigenvalue weighted by molar-refractivity contribution is -0.140. The second kappa shape index (κ2) is 21.5. The molecule has 0 radical (unpaired) electrons. The van der Waals surface area contributed by atoms with Crippen LogP contribution in [0.3, 0.4) is 0 Å². The van der Waals surface area contributed by atoms with Crippen LogP contribution < -0.4 is 31.6 Å². The Bertz CT molecular complexity index is 3100. The van der Waals surface area contributed by atoms with Crippen LogP contribution in [0.2, 0.25) is 0 Å². The van der Waals surface area contributed by atoms with Gasteiger partial charge >= 0.3 is 0 Å². The first-order valence-electron chi connectivity index (χ1n) is 23.3. The van der Waals surface area contributed by atoms with Gasteiger partial charge in [-0.2, -0.15) is 10.2 Å². The number of nitrogens with one attached hydrogen (secondary N) is 2. The van der Waals surface area contributed by atoms with Gasteiger partial charge in [-0.1, -0.05) is 19.1 Å². The van der Waals surface area contributed by atoms with Crippen molar-refractivity contribution >= 4 is 75.3 Å². The van der Waals surface area contributed by atoms with Crippen LogP contribution in [0.15, 0.2) is 48.6 Å². The summed E-state index contributed by atoms with van der Waals surface area (Å²) in [4.78, 5) is 103. The summed E-state index contributed by atoms with van der Waals surface area (Å²) in [5.74, 6) is -2.76. The van der Waals surface area contributed by atoms with E-state index in [0.29, 0.717) is 65.3 Å². The predicted molar refractivity (Wildman–Crippen MR) is 261 cm³/mol. The number of allylic oxidation sites excluding steroid dienone is 2. The smallest absolute Gasteiger partial charge is 0.276 e. The second-order valence-electron chi connectivity index (χ2n) is 17.0. The average molecular weight is 975 g/mol. The van der Waals surface area contributed by atoms with Crippen LogP contribution in [0.1, 0.15) is 99.5 Å². The maximum atomic E-state index is 13.9. The van der Waals surface area contributed by atoms with Gasteiger partial charge in [0.05, 0.1) is 36.1 Å². The summed E-state index contributed by atoms with van der Waals surface area (Å²) in [6.45, 7) is 10.6. The van der Waals surface area contributed by atoms with Crippen molar-refractivity contribution in [3.05, 3.63) is 82.5 Å². The minimum Gasteiger partial charge on any atom is -0.494 e. The molecule has 1 unspecified atom stereocenters. The molecule has 71 heavy (non-hydrogen) atoms. The summed E-state index contributed by atoms with van der Waals surface area (Å²) in [6, 6.07) is 9.31. The minimum atomic E-state index is -0.743. The Kier molecular flexibility index (Phi) is 15.3. The second-order valence-corrected chi connectivity index (χ2v) is 17.0. The van der Waals surface area contributed by atoms with Gasteiger partial charge in [-0.05, 0) is 76.9 Å². The van der Waals surface area contributed by atoms with Gasteiger partial charge < -0.3 is 35.0 Å². The lowest BCUT2D eigenvalue weighted by Crippen LogP contribution is -2.36. The molecular weight excluding hydrogens is 917 g/mol. The third-order valence-electron chi connectivity index (χ3n) is 12.2. The van der Waals surface area contributed by atoms with Crippen molar-refractivity contribution in [2.45, 2.75) is 86.5 Å². The van der Waals surface area contributed by atoms with Crippen molar-refractivity contribution in [3.63, 3.8) is 0 Å². The molecule has 23 heteroatoms. The Morgan fingerprint density at radius 3 is 1.75 bits per heavy atom. The Labute approximate surface area is 408 Å². The van der Waals surface area contributed by atoms with Crippen molar-refractivity contribution in [3.8, 4) is 11.5 Å². The zero-order chi connectivity index (χ0) is 51.3. The van der Waals surface area contributed by atoms with E-state index in [1.807, 2.05) is 20.8 Å². The molecule has 0 aliphatic carbocycles. The van der Waals surface area contributed by atoms with Gasteiger partial charge in [-0.25, -0.2) is 9.97 Å². The van der Waals surface area contributed by atoms with Crippen molar-refractivity contribution in [1.29, 1.82) is 0 Å².